The summed E-state index contributed by atoms with van der Waals surface area (Å²) >= 11 is 11.9. The molecule has 0 N–H and O–H groups in total. The van der Waals surface area contributed by atoms with Crippen LogP contribution in [0.2, 0.25) is 10.4 Å². The van der Waals surface area contributed by atoms with E-state index >= 15 is 0 Å². The molecule has 0 radical (unpaired) electrons. The Hall–Kier alpha value is -2.04. The highest BCUT2D eigenvalue weighted by molar-refractivity contribution is 6.35. The highest BCUT2D eigenvalue weighted by atomic mass is 35.5. The van der Waals surface area contributed by atoms with Crippen molar-refractivity contribution in [2.45, 2.75) is 6.61 Å². The van der Waals surface area contributed by atoms with Gasteiger partial charge in [0.2, 0.25) is 5.28 Å². The summed E-state index contributed by atoms with van der Waals surface area (Å²) in [6.07, 6.45) is 0. The Bertz CT molecular complexity index is 810. The highest BCUT2D eigenvalue weighted by Crippen LogP contribution is 2.35. The van der Waals surface area contributed by atoms with E-state index in [2.05, 4.69) is 9.97 Å². The molecule has 0 saturated heterocycles. The first-order valence-electron chi connectivity index (χ1n) is 6.55. The molecule has 3 rings (SSSR count). The van der Waals surface area contributed by atoms with Crippen LogP contribution in [0.1, 0.15) is 5.56 Å². The van der Waals surface area contributed by atoms with Crippen molar-refractivity contribution in [3.63, 3.8) is 0 Å². The lowest BCUT2D eigenvalue weighted by molar-refractivity contribution is 0.285. The standard InChI is InChI=1S/C16H12Cl2N2O2/c1-21-13-8-12-11(15(17)20-16(18)19-12)7-14(13)22-9-10-5-3-2-4-6-10/h2-8H,9H2,1H3. The molecule has 0 aliphatic rings. The number of halogens is 2. The van der Waals surface area contributed by atoms with Crippen LogP contribution in [-0.2, 0) is 6.61 Å². The lowest BCUT2D eigenvalue weighted by Crippen LogP contribution is -1.98. The molecule has 2 aromatic carbocycles. The van der Waals surface area contributed by atoms with Crippen LogP contribution in [0.4, 0.5) is 0 Å². The topological polar surface area (TPSA) is 44.2 Å². The maximum Gasteiger partial charge on any atom is 0.224 e. The second-order valence-corrected chi connectivity index (χ2v) is 5.27. The Morgan fingerprint density at radius 2 is 1.77 bits per heavy atom. The average molecular weight is 335 g/mol. The number of rotatable bonds is 4. The van der Waals surface area contributed by atoms with Crippen molar-refractivity contribution in [1.82, 2.24) is 9.97 Å². The number of hydrogen-bond acceptors (Lipinski definition) is 4. The molecule has 22 heavy (non-hydrogen) atoms. The van der Waals surface area contributed by atoms with Crippen LogP contribution in [0, 0.1) is 0 Å². The van der Waals surface area contributed by atoms with Gasteiger partial charge in [0, 0.05) is 11.5 Å². The number of fused-ring (bicyclic) bond motifs is 1. The average Bonchev–Trinajstić information content (AvgIpc) is 2.53. The monoisotopic (exact) mass is 334 g/mol. The molecule has 0 aliphatic carbocycles. The third kappa shape index (κ3) is 3.08. The van der Waals surface area contributed by atoms with Crippen LogP contribution in [0.15, 0.2) is 42.5 Å². The van der Waals surface area contributed by atoms with E-state index in [1.165, 1.54) is 0 Å². The van der Waals surface area contributed by atoms with Gasteiger partial charge in [0.25, 0.3) is 0 Å². The van der Waals surface area contributed by atoms with Crippen molar-refractivity contribution in [3.8, 4) is 11.5 Å². The van der Waals surface area contributed by atoms with Gasteiger partial charge in [-0.3, -0.25) is 0 Å². The lowest BCUT2D eigenvalue weighted by Gasteiger charge is -2.12. The van der Waals surface area contributed by atoms with Crippen LogP contribution in [0.5, 0.6) is 11.5 Å². The third-order valence-corrected chi connectivity index (χ3v) is 3.60. The van der Waals surface area contributed by atoms with E-state index in [4.69, 9.17) is 32.7 Å². The first-order valence-corrected chi connectivity index (χ1v) is 7.30. The van der Waals surface area contributed by atoms with E-state index in [9.17, 15) is 0 Å². The van der Waals surface area contributed by atoms with Crippen LogP contribution >= 0.6 is 23.2 Å². The third-order valence-electron chi connectivity index (χ3n) is 3.14. The van der Waals surface area contributed by atoms with Gasteiger partial charge in [-0.15, -0.1) is 0 Å². The van der Waals surface area contributed by atoms with E-state index in [1.54, 1.807) is 19.2 Å². The van der Waals surface area contributed by atoms with Gasteiger partial charge in [0.15, 0.2) is 11.5 Å². The zero-order chi connectivity index (χ0) is 15.5. The first kappa shape index (κ1) is 14.9. The van der Waals surface area contributed by atoms with Crippen molar-refractivity contribution in [1.29, 1.82) is 0 Å². The fraction of sp³-hybridized carbons (Fsp3) is 0.125. The van der Waals surface area contributed by atoms with E-state index in [0.29, 0.717) is 29.0 Å². The summed E-state index contributed by atoms with van der Waals surface area (Å²) in [7, 11) is 1.57. The minimum absolute atomic E-state index is 0.0949. The minimum Gasteiger partial charge on any atom is -0.493 e. The summed E-state index contributed by atoms with van der Waals surface area (Å²) in [5.41, 5.74) is 1.66. The van der Waals surface area contributed by atoms with Crippen molar-refractivity contribution < 1.29 is 9.47 Å². The summed E-state index contributed by atoms with van der Waals surface area (Å²) < 4.78 is 11.2. The second kappa shape index (κ2) is 6.38. The molecular weight excluding hydrogens is 323 g/mol. The predicted molar refractivity (Wildman–Crippen MR) is 86.9 cm³/mol. The van der Waals surface area contributed by atoms with Gasteiger partial charge in [0.1, 0.15) is 11.8 Å². The fourth-order valence-corrected chi connectivity index (χ4v) is 2.53. The van der Waals surface area contributed by atoms with Crippen LogP contribution in [0.3, 0.4) is 0 Å². The molecule has 3 aromatic rings. The molecule has 0 fully saturated rings. The fourth-order valence-electron chi connectivity index (χ4n) is 2.08. The van der Waals surface area contributed by atoms with Crippen molar-refractivity contribution in [2.24, 2.45) is 0 Å². The maximum absolute atomic E-state index is 6.12. The maximum atomic E-state index is 6.12. The van der Waals surface area contributed by atoms with Crippen LogP contribution in [0.25, 0.3) is 10.9 Å². The van der Waals surface area contributed by atoms with E-state index in [0.717, 1.165) is 5.56 Å². The zero-order valence-corrected chi connectivity index (χ0v) is 13.2. The quantitative estimate of drug-likeness (QED) is 0.519. The van der Waals surface area contributed by atoms with Crippen molar-refractivity contribution in [3.05, 3.63) is 58.5 Å². The smallest absolute Gasteiger partial charge is 0.224 e. The molecule has 1 aromatic heterocycles. The van der Waals surface area contributed by atoms with E-state index in [1.807, 2.05) is 30.3 Å². The van der Waals surface area contributed by atoms with Crippen LogP contribution in [-0.4, -0.2) is 17.1 Å². The Balaban J connectivity index is 1.97. The van der Waals surface area contributed by atoms with Gasteiger partial charge >= 0.3 is 0 Å². The number of aromatic nitrogens is 2. The normalized spacial score (nSPS) is 10.7. The Labute approximate surface area is 137 Å². The van der Waals surface area contributed by atoms with Crippen molar-refractivity contribution >= 4 is 34.1 Å². The van der Waals surface area contributed by atoms with Gasteiger partial charge in [0.05, 0.1) is 12.6 Å². The summed E-state index contributed by atoms with van der Waals surface area (Å²) in [6, 6.07) is 13.4. The second-order valence-electron chi connectivity index (χ2n) is 4.58. The van der Waals surface area contributed by atoms with Gasteiger partial charge in [-0.1, -0.05) is 41.9 Å². The summed E-state index contributed by atoms with van der Waals surface area (Å²) in [6.45, 7) is 0.425. The molecule has 0 aliphatic heterocycles. The molecule has 0 unspecified atom stereocenters. The largest absolute Gasteiger partial charge is 0.493 e. The van der Waals surface area contributed by atoms with E-state index < -0.39 is 0 Å². The molecule has 1 heterocycles. The Kier molecular flexibility index (Phi) is 4.32. The minimum atomic E-state index is 0.0949. The molecule has 0 amide bonds. The van der Waals surface area contributed by atoms with Gasteiger partial charge in [-0.2, -0.15) is 0 Å². The molecule has 4 nitrogen and oxygen atoms in total. The number of methoxy groups -OCH3 is 1. The summed E-state index contributed by atoms with van der Waals surface area (Å²) in [5.74, 6) is 1.14. The van der Waals surface area contributed by atoms with Gasteiger partial charge < -0.3 is 9.47 Å². The lowest BCUT2D eigenvalue weighted by atomic mass is 10.2. The number of ether oxygens (including phenoxy) is 2. The van der Waals surface area contributed by atoms with Crippen molar-refractivity contribution in [2.75, 3.05) is 7.11 Å². The number of benzene rings is 2. The van der Waals surface area contributed by atoms with Crippen LogP contribution < -0.4 is 9.47 Å². The number of hydrogen-bond donors (Lipinski definition) is 0. The molecule has 6 heteroatoms. The SMILES string of the molecule is COc1cc2nc(Cl)nc(Cl)c2cc1OCc1ccccc1. The molecule has 0 bridgehead atoms. The number of nitrogens with zero attached hydrogens (tertiary/aromatic N) is 2. The van der Waals surface area contributed by atoms with Gasteiger partial charge in [-0.25, -0.2) is 9.97 Å². The molecule has 0 saturated carbocycles. The van der Waals surface area contributed by atoms with E-state index in [-0.39, 0.29) is 10.4 Å². The molecule has 0 atom stereocenters. The zero-order valence-electron chi connectivity index (χ0n) is 11.7. The Morgan fingerprint density at radius 1 is 1.00 bits per heavy atom. The molecular formula is C16H12Cl2N2O2. The van der Waals surface area contributed by atoms with Gasteiger partial charge in [-0.05, 0) is 23.2 Å². The summed E-state index contributed by atoms with van der Waals surface area (Å²) in [4.78, 5) is 8.08. The molecule has 0 spiro atoms. The Morgan fingerprint density at radius 3 is 2.50 bits per heavy atom. The first-order chi connectivity index (χ1) is 10.7. The summed E-state index contributed by atoms with van der Waals surface area (Å²) in [5, 5.41) is 1.04. The molecule has 112 valence electrons. The predicted octanol–water partition coefficient (Wildman–Crippen LogP) is 4.52. The highest BCUT2D eigenvalue weighted by Gasteiger charge is 2.12.